The van der Waals surface area contributed by atoms with Crippen LogP contribution in [0.3, 0.4) is 0 Å². The van der Waals surface area contributed by atoms with E-state index in [4.69, 9.17) is 4.74 Å². The summed E-state index contributed by atoms with van der Waals surface area (Å²) >= 11 is 0. The molecule has 6 aliphatic rings. The van der Waals surface area contributed by atoms with Crippen LogP contribution in [0.1, 0.15) is 50.3 Å². The Balaban J connectivity index is 1.29. The number of amides is 1. The maximum Gasteiger partial charge on any atom is 0.270 e. The minimum Gasteiger partial charge on any atom is -0.496 e. The van der Waals surface area contributed by atoms with Gasteiger partial charge in [0.25, 0.3) is 5.91 Å². The Morgan fingerprint density at radius 2 is 1.80 bits per heavy atom. The van der Waals surface area contributed by atoms with E-state index in [0.29, 0.717) is 5.70 Å². The van der Waals surface area contributed by atoms with Gasteiger partial charge in [0.05, 0.1) is 12.8 Å². The van der Waals surface area contributed by atoms with Crippen molar-refractivity contribution < 1.29 is 9.53 Å². The molecule has 4 bridgehead atoms. The Kier molecular flexibility index (Phi) is 4.02. The molecule has 1 unspecified atom stereocenters. The third-order valence-corrected chi connectivity index (χ3v) is 7.78. The summed E-state index contributed by atoms with van der Waals surface area (Å²) in [4.78, 5) is 15.7. The molecule has 1 aromatic carbocycles. The first kappa shape index (κ1) is 18.1. The fraction of sp³-hybridized carbons (Fsp3) is 0.480. The van der Waals surface area contributed by atoms with Crippen LogP contribution in [0.4, 0.5) is 0 Å². The van der Waals surface area contributed by atoms with Gasteiger partial charge in [0.2, 0.25) is 0 Å². The summed E-state index contributed by atoms with van der Waals surface area (Å²) in [6.45, 7) is 0. The van der Waals surface area contributed by atoms with Gasteiger partial charge in [-0.15, -0.1) is 0 Å². The molecule has 4 saturated carbocycles. The summed E-state index contributed by atoms with van der Waals surface area (Å²) < 4.78 is 5.60. The molecule has 4 fully saturated rings. The monoisotopic (exact) mass is 403 g/mol. The number of allylic oxidation sites excluding steroid dienone is 3. The average molecular weight is 404 g/mol. The first-order valence-corrected chi connectivity index (χ1v) is 11.2. The van der Waals surface area contributed by atoms with Crippen molar-refractivity contribution in [2.45, 2.75) is 50.2 Å². The van der Waals surface area contributed by atoms with E-state index in [1.165, 1.54) is 19.3 Å². The topological polar surface area (TPSA) is 53.6 Å². The molecule has 0 spiro atoms. The Hall–Kier alpha value is -2.69. The predicted molar refractivity (Wildman–Crippen MR) is 115 cm³/mol. The first-order valence-electron chi connectivity index (χ1n) is 11.2. The molecule has 156 valence electrons. The van der Waals surface area contributed by atoms with Crippen molar-refractivity contribution in [1.82, 2.24) is 15.5 Å². The normalized spacial score (nSPS) is 35.4. The summed E-state index contributed by atoms with van der Waals surface area (Å²) in [5.74, 6) is 3.28. The van der Waals surface area contributed by atoms with Crippen molar-refractivity contribution in [3.63, 3.8) is 0 Å². The summed E-state index contributed by atoms with van der Waals surface area (Å²) in [5, 5.41) is 7.04. The highest BCUT2D eigenvalue weighted by Gasteiger charge is 2.52. The van der Waals surface area contributed by atoms with E-state index in [0.717, 1.165) is 54.0 Å². The molecule has 30 heavy (non-hydrogen) atoms. The van der Waals surface area contributed by atoms with Crippen LogP contribution in [0.2, 0.25) is 0 Å². The van der Waals surface area contributed by atoms with Crippen molar-refractivity contribution in [2.24, 2.45) is 17.8 Å². The van der Waals surface area contributed by atoms with Crippen LogP contribution in [0.25, 0.3) is 0 Å². The summed E-state index contributed by atoms with van der Waals surface area (Å²) in [7, 11) is 1.69. The van der Waals surface area contributed by atoms with E-state index in [1.807, 2.05) is 42.6 Å². The van der Waals surface area contributed by atoms with Crippen molar-refractivity contribution in [3.05, 3.63) is 65.7 Å². The van der Waals surface area contributed by atoms with E-state index in [2.05, 4.69) is 21.6 Å². The Bertz CT molecular complexity index is 941. The van der Waals surface area contributed by atoms with E-state index >= 15 is 0 Å². The minimum absolute atomic E-state index is 0.00263. The van der Waals surface area contributed by atoms with Gasteiger partial charge in [0.15, 0.2) is 0 Å². The molecule has 2 N–H and O–H groups in total. The molecule has 1 atom stereocenters. The molecular formula is C25H29N3O2. The second kappa shape index (κ2) is 6.66. The summed E-state index contributed by atoms with van der Waals surface area (Å²) in [6.07, 6.45) is 15.5. The van der Waals surface area contributed by atoms with Gasteiger partial charge in [-0.05, 0) is 74.5 Å². The fourth-order valence-electron chi connectivity index (χ4n) is 7.04. The molecule has 0 radical (unpaired) electrons. The lowest BCUT2D eigenvalue weighted by Gasteiger charge is -2.56. The molecule has 0 saturated heterocycles. The Morgan fingerprint density at radius 1 is 1.10 bits per heavy atom. The molecule has 2 heterocycles. The summed E-state index contributed by atoms with van der Waals surface area (Å²) in [5.41, 5.74) is 2.62. The van der Waals surface area contributed by atoms with Gasteiger partial charge in [-0.1, -0.05) is 24.3 Å². The third-order valence-electron chi connectivity index (χ3n) is 7.78. The molecular weight excluding hydrogens is 374 g/mol. The van der Waals surface area contributed by atoms with Gasteiger partial charge in [-0.3, -0.25) is 4.79 Å². The zero-order valence-electron chi connectivity index (χ0n) is 17.4. The van der Waals surface area contributed by atoms with Gasteiger partial charge in [0.1, 0.15) is 17.6 Å². The molecule has 5 heteroatoms. The SMILES string of the molecule is COc1ccccc1C1NC(C(=O)NC23CC4CC(CC(C4)C2)C3)=C2C=CC=CN21. The maximum atomic E-state index is 13.6. The Labute approximate surface area is 177 Å². The van der Waals surface area contributed by atoms with Crippen LogP contribution in [0.15, 0.2) is 60.1 Å². The number of fused-ring (bicyclic) bond motifs is 1. The fourth-order valence-corrected chi connectivity index (χ4v) is 7.04. The van der Waals surface area contributed by atoms with Gasteiger partial charge in [0, 0.05) is 17.3 Å². The van der Waals surface area contributed by atoms with Crippen molar-refractivity contribution >= 4 is 5.91 Å². The lowest BCUT2D eigenvalue weighted by atomic mass is 9.53. The Morgan fingerprint density at radius 3 is 2.50 bits per heavy atom. The number of rotatable bonds is 4. The molecule has 4 aliphatic carbocycles. The van der Waals surface area contributed by atoms with E-state index in [9.17, 15) is 4.79 Å². The molecule has 0 aromatic heterocycles. The lowest BCUT2D eigenvalue weighted by molar-refractivity contribution is -0.123. The number of carbonyl (C=O) groups excluding carboxylic acids is 1. The van der Waals surface area contributed by atoms with E-state index in [-0.39, 0.29) is 17.6 Å². The van der Waals surface area contributed by atoms with Crippen LogP contribution >= 0.6 is 0 Å². The van der Waals surface area contributed by atoms with Crippen LogP contribution < -0.4 is 15.4 Å². The molecule has 1 aromatic rings. The highest BCUT2D eigenvalue weighted by Crippen LogP contribution is 2.55. The van der Waals surface area contributed by atoms with Crippen molar-refractivity contribution in [3.8, 4) is 5.75 Å². The minimum atomic E-state index is -0.158. The largest absolute Gasteiger partial charge is 0.496 e. The quantitative estimate of drug-likeness (QED) is 0.799. The smallest absolute Gasteiger partial charge is 0.270 e. The number of para-hydroxylation sites is 1. The van der Waals surface area contributed by atoms with Crippen molar-refractivity contribution in [1.29, 1.82) is 0 Å². The number of benzene rings is 1. The van der Waals surface area contributed by atoms with Gasteiger partial charge in [-0.2, -0.15) is 0 Å². The van der Waals surface area contributed by atoms with Gasteiger partial charge >= 0.3 is 0 Å². The highest BCUT2D eigenvalue weighted by molar-refractivity contribution is 5.95. The molecule has 7 rings (SSSR count). The summed E-state index contributed by atoms with van der Waals surface area (Å²) in [6, 6.07) is 8.00. The van der Waals surface area contributed by atoms with Crippen molar-refractivity contribution in [2.75, 3.05) is 7.11 Å². The molecule has 1 amide bonds. The van der Waals surface area contributed by atoms with Crippen LogP contribution in [-0.4, -0.2) is 23.5 Å². The van der Waals surface area contributed by atoms with E-state index in [1.54, 1.807) is 7.11 Å². The predicted octanol–water partition coefficient (Wildman–Crippen LogP) is 3.98. The highest BCUT2D eigenvalue weighted by atomic mass is 16.5. The number of nitrogens with one attached hydrogen (secondary N) is 2. The number of ether oxygens (including phenoxy) is 1. The van der Waals surface area contributed by atoms with Crippen LogP contribution in [0, 0.1) is 17.8 Å². The standard InChI is InChI=1S/C25H29N3O2/c1-30-21-8-3-2-6-19(21)23-26-22(20-7-4-5-9-28(20)23)24(29)27-25-13-16-10-17(14-25)12-18(11-16)15-25/h2-9,16-18,23,26H,10-15H2,1H3,(H,27,29). The number of hydrogen-bond donors (Lipinski definition) is 2. The zero-order chi connectivity index (χ0) is 20.3. The number of nitrogens with zero attached hydrogens (tertiary/aromatic N) is 1. The lowest BCUT2D eigenvalue weighted by Crippen LogP contribution is -2.60. The third kappa shape index (κ3) is 2.78. The molecule has 5 nitrogen and oxygen atoms in total. The van der Waals surface area contributed by atoms with E-state index < -0.39 is 0 Å². The second-order valence-corrected chi connectivity index (χ2v) is 9.81. The second-order valence-electron chi connectivity index (χ2n) is 9.81. The maximum absolute atomic E-state index is 13.6. The number of methoxy groups -OCH3 is 1. The number of hydrogen-bond acceptors (Lipinski definition) is 4. The average Bonchev–Trinajstić information content (AvgIpc) is 3.12. The van der Waals surface area contributed by atoms with Gasteiger partial charge < -0.3 is 20.3 Å². The molecule has 2 aliphatic heterocycles. The zero-order valence-corrected chi connectivity index (χ0v) is 17.4. The number of carbonyl (C=O) groups is 1. The van der Waals surface area contributed by atoms with Crippen LogP contribution in [0.5, 0.6) is 5.75 Å². The van der Waals surface area contributed by atoms with Gasteiger partial charge in [-0.25, -0.2) is 0 Å². The van der Waals surface area contributed by atoms with Crippen LogP contribution in [-0.2, 0) is 4.79 Å². The first-order chi connectivity index (χ1) is 14.6.